The zero-order valence-corrected chi connectivity index (χ0v) is 10.7. The van der Waals surface area contributed by atoms with Crippen molar-refractivity contribution in [3.63, 3.8) is 0 Å². The molecule has 1 unspecified atom stereocenters. The van der Waals surface area contributed by atoms with Crippen LogP contribution in [0, 0.1) is 5.92 Å². The van der Waals surface area contributed by atoms with Crippen molar-refractivity contribution in [3.8, 4) is 0 Å². The number of amides is 2. The zero-order chi connectivity index (χ0) is 12.9. The summed E-state index contributed by atoms with van der Waals surface area (Å²) in [6.45, 7) is 5.69. The van der Waals surface area contributed by atoms with E-state index in [1.54, 1.807) is 0 Å². The maximum absolute atomic E-state index is 11.7. The second-order valence-corrected chi connectivity index (χ2v) is 5.47. The van der Waals surface area contributed by atoms with E-state index >= 15 is 0 Å². The van der Waals surface area contributed by atoms with Crippen molar-refractivity contribution in [2.24, 2.45) is 11.7 Å². The first kappa shape index (κ1) is 14.0. The van der Waals surface area contributed by atoms with Crippen LogP contribution in [0.25, 0.3) is 0 Å². The van der Waals surface area contributed by atoms with Crippen LogP contribution < -0.4 is 16.4 Å². The highest BCUT2D eigenvalue weighted by atomic mass is 16.2. The van der Waals surface area contributed by atoms with Crippen LogP contribution in [0.15, 0.2) is 0 Å². The molecule has 1 saturated heterocycles. The number of primary amides is 1. The average Bonchev–Trinajstić information content (AvgIpc) is 2.63. The molecule has 4 N–H and O–H groups in total. The number of carbonyl (C=O) groups is 2. The van der Waals surface area contributed by atoms with Gasteiger partial charge >= 0.3 is 0 Å². The van der Waals surface area contributed by atoms with Crippen molar-refractivity contribution in [2.75, 3.05) is 13.1 Å². The van der Waals surface area contributed by atoms with Crippen molar-refractivity contribution in [1.29, 1.82) is 0 Å². The predicted octanol–water partition coefficient (Wildman–Crippen LogP) is 0.146. The van der Waals surface area contributed by atoms with E-state index in [2.05, 4.69) is 10.6 Å². The van der Waals surface area contributed by atoms with Gasteiger partial charge in [0.1, 0.15) is 0 Å². The molecule has 17 heavy (non-hydrogen) atoms. The Labute approximate surface area is 103 Å². The highest BCUT2D eigenvalue weighted by molar-refractivity contribution is 5.79. The molecule has 98 valence electrons. The molecule has 1 rings (SSSR count). The van der Waals surface area contributed by atoms with E-state index in [1.807, 2.05) is 13.8 Å². The number of nitrogens with two attached hydrogens (primary N) is 1. The Kier molecular flexibility index (Phi) is 4.93. The summed E-state index contributed by atoms with van der Waals surface area (Å²) in [5, 5.41) is 6.13. The Morgan fingerprint density at radius 2 is 2.18 bits per heavy atom. The Bertz CT molecular complexity index is 283. The van der Waals surface area contributed by atoms with E-state index in [1.165, 1.54) is 0 Å². The van der Waals surface area contributed by atoms with Gasteiger partial charge in [0.05, 0.1) is 0 Å². The lowest BCUT2D eigenvalue weighted by Crippen LogP contribution is -2.46. The molecule has 0 aliphatic carbocycles. The van der Waals surface area contributed by atoms with Crippen molar-refractivity contribution < 1.29 is 9.59 Å². The van der Waals surface area contributed by atoms with Gasteiger partial charge < -0.3 is 16.4 Å². The smallest absolute Gasteiger partial charge is 0.220 e. The Morgan fingerprint density at radius 3 is 2.71 bits per heavy atom. The average molecular weight is 241 g/mol. The number of hydrogen-bond acceptors (Lipinski definition) is 3. The second kappa shape index (κ2) is 6.00. The van der Waals surface area contributed by atoms with E-state index in [-0.39, 0.29) is 12.3 Å². The van der Waals surface area contributed by atoms with E-state index in [4.69, 9.17) is 5.73 Å². The van der Waals surface area contributed by atoms with Crippen LogP contribution in [0.1, 0.15) is 39.5 Å². The van der Waals surface area contributed by atoms with Crippen molar-refractivity contribution in [3.05, 3.63) is 0 Å². The number of nitrogens with one attached hydrogen (secondary N) is 2. The molecule has 0 aromatic rings. The van der Waals surface area contributed by atoms with Gasteiger partial charge in [0.2, 0.25) is 11.8 Å². The molecule has 0 radical (unpaired) electrons. The molecule has 5 heteroatoms. The van der Waals surface area contributed by atoms with Crippen LogP contribution in [0.2, 0.25) is 0 Å². The standard InChI is InChI=1S/C12H23N3O2/c1-12(2,7-10(13)16)15-11(17)4-3-9-5-6-14-8-9/h9,14H,3-8H2,1-2H3,(H2,13,16)(H,15,17). The van der Waals surface area contributed by atoms with Crippen LogP contribution in [-0.2, 0) is 9.59 Å². The van der Waals surface area contributed by atoms with Gasteiger partial charge in [0, 0.05) is 18.4 Å². The third kappa shape index (κ3) is 5.68. The number of carbonyl (C=O) groups excluding carboxylic acids is 2. The van der Waals surface area contributed by atoms with Crippen molar-refractivity contribution in [1.82, 2.24) is 10.6 Å². The lowest BCUT2D eigenvalue weighted by atomic mass is 9.98. The molecule has 0 spiro atoms. The van der Waals surface area contributed by atoms with Crippen LogP contribution in [0.5, 0.6) is 0 Å². The fourth-order valence-electron chi connectivity index (χ4n) is 2.22. The molecule has 1 aliphatic heterocycles. The molecule has 1 fully saturated rings. The van der Waals surface area contributed by atoms with Gasteiger partial charge in [-0.15, -0.1) is 0 Å². The summed E-state index contributed by atoms with van der Waals surface area (Å²) < 4.78 is 0. The highest BCUT2D eigenvalue weighted by Gasteiger charge is 2.23. The van der Waals surface area contributed by atoms with Crippen molar-refractivity contribution in [2.45, 2.75) is 45.1 Å². The van der Waals surface area contributed by atoms with Crippen LogP contribution in [-0.4, -0.2) is 30.4 Å². The first-order valence-corrected chi connectivity index (χ1v) is 6.19. The van der Waals surface area contributed by atoms with E-state index in [0.717, 1.165) is 25.9 Å². The Hall–Kier alpha value is -1.10. The summed E-state index contributed by atoms with van der Waals surface area (Å²) in [5.41, 5.74) is 4.58. The van der Waals surface area contributed by atoms with E-state index < -0.39 is 11.4 Å². The molecule has 1 aliphatic rings. The third-order valence-electron chi connectivity index (χ3n) is 3.04. The van der Waals surface area contributed by atoms with Gasteiger partial charge in [0.25, 0.3) is 0 Å². The first-order valence-electron chi connectivity index (χ1n) is 6.19. The van der Waals surface area contributed by atoms with Gasteiger partial charge in [-0.1, -0.05) is 0 Å². The molecule has 5 nitrogen and oxygen atoms in total. The first-order chi connectivity index (χ1) is 7.89. The molecular formula is C12H23N3O2. The minimum Gasteiger partial charge on any atom is -0.370 e. The fourth-order valence-corrected chi connectivity index (χ4v) is 2.22. The van der Waals surface area contributed by atoms with Gasteiger partial charge in [-0.25, -0.2) is 0 Å². The molecule has 0 saturated carbocycles. The molecular weight excluding hydrogens is 218 g/mol. The highest BCUT2D eigenvalue weighted by Crippen LogP contribution is 2.15. The maximum atomic E-state index is 11.7. The number of hydrogen-bond donors (Lipinski definition) is 3. The molecule has 1 heterocycles. The SMILES string of the molecule is CC(C)(CC(N)=O)NC(=O)CCC1CCNC1. The van der Waals surface area contributed by atoms with Crippen LogP contribution in [0.3, 0.4) is 0 Å². The quantitative estimate of drug-likeness (QED) is 0.618. The fraction of sp³-hybridized carbons (Fsp3) is 0.833. The topological polar surface area (TPSA) is 84.2 Å². The molecule has 1 atom stereocenters. The summed E-state index contributed by atoms with van der Waals surface area (Å²) in [6.07, 6.45) is 2.75. The monoisotopic (exact) mass is 241 g/mol. The zero-order valence-electron chi connectivity index (χ0n) is 10.7. The lowest BCUT2D eigenvalue weighted by Gasteiger charge is -2.25. The van der Waals surface area contributed by atoms with Crippen LogP contribution >= 0.6 is 0 Å². The summed E-state index contributed by atoms with van der Waals surface area (Å²) in [4.78, 5) is 22.5. The number of rotatable bonds is 6. The summed E-state index contributed by atoms with van der Waals surface area (Å²) >= 11 is 0. The van der Waals surface area contributed by atoms with Gasteiger partial charge in [-0.3, -0.25) is 9.59 Å². The lowest BCUT2D eigenvalue weighted by molar-refractivity contribution is -0.124. The summed E-state index contributed by atoms with van der Waals surface area (Å²) in [7, 11) is 0. The molecule has 0 aromatic heterocycles. The third-order valence-corrected chi connectivity index (χ3v) is 3.04. The van der Waals surface area contributed by atoms with E-state index in [0.29, 0.717) is 12.3 Å². The maximum Gasteiger partial charge on any atom is 0.220 e. The van der Waals surface area contributed by atoms with Gasteiger partial charge in [-0.05, 0) is 45.7 Å². The summed E-state index contributed by atoms with van der Waals surface area (Å²) in [5.74, 6) is 0.221. The Morgan fingerprint density at radius 1 is 1.47 bits per heavy atom. The second-order valence-electron chi connectivity index (χ2n) is 5.47. The van der Waals surface area contributed by atoms with Gasteiger partial charge in [0.15, 0.2) is 0 Å². The largest absolute Gasteiger partial charge is 0.370 e. The molecule has 2 amide bonds. The van der Waals surface area contributed by atoms with Gasteiger partial charge in [-0.2, -0.15) is 0 Å². The molecule has 0 aromatic carbocycles. The minimum atomic E-state index is -0.545. The normalized spacial score (nSPS) is 20.2. The summed E-state index contributed by atoms with van der Waals surface area (Å²) in [6, 6.07) is 0. The predicted molar refractivity (Wildman–Crippen MR) is 66.2 cm³/mol. The minimum absolute atomic E-state index is 0.00292. The van der Waals surface area contributed by atoms with Crippen molar-refractivity contribution >= 4 is 11.8 Å². The van der Waals surface area contributed by atoms with Crippen LogP contribution in [0.4, 0.5) is 0 Å². The Balaban J connectivity index is 2.25. The van der Waals surface area contributed by atoms with E-state index in [9.17, 15) is 9.59 Å². The molecule has 0 bridgehead atoms.